The van der Waals surface area contributed by atoms with Crippen LogP contribution < -0.4 is 10.1 Å². The van der Waals surface area contributed by atoms with Crippen LogP contribution in [0.5, 0.6) is 5.75 Å². The number of aliphatic hydroxyl groups is 1. The lowest BCUT2D eigenvalue weighted by Gasteiger charge is -2.27. The fourth-order valence-corrected chi connectivity index (χ4v) is 2.90. The zero-order valence-corrected chi connectivity index (χ0v) is 12.5. The first-order valence-corrected chi connectivity index (χ1v) is 7.30. The summed E-state index contributed by atoms with van der Waals surface area (Å²) in [7, 11) is 0. The van der Waals surface area contributed by atoms with Crippen LogP contribution in [0.25, 0.3) is 0 Å². The van der Waals surface area contributed by atoms with E-state index in [9.17, 15) is 9.90 Å². The number of nitrogens with one attached hydrogen (secondary N) is 1. The molecule has 2 rings (SSSR count). The average Bonchev–Trinajstić information content (AvgIpc) is 2.87. The van der Waals surface area contributed by atoms with Gasteiger partial charge in [0.2, 0.25) is 0 Å². The fourth-order valence-electron chi connectivity index (χ4n) is 2.44. The van der Waals surface area contributed by atoms with Crippen molar-refractivity contribution in [1.82, 2.24) is 5.32 Å². The molecule has 20 heavy (non-hydrogen) atoms. The highest BCUT2D eigenvalue weighted by atomic mass is 35.5. The second-order valence-corrected chi connectivity index (χ2v) is 5.90. The summed E-state index contributed by atoms with van der Waals surface area (Å²) in [5, 5.41) is 13.2. The van der Waals surface area contributed by atoms with Crippen molar-refractivity contribution in [2.45, 2.75) is 31.2 Å². The topological polar surface area (TPSA) is 58.6 Å². The number of hydrogen-bond acceptors (Lipinski definition) is 3. The van der Waals surface area contributed by atoms with Crippen molar-refractivity contribution in [3.05, 3.63) is 28.2 Å². The van der Waals surface area contributed by atoms with Gasteiger partial charge in [0.05, 0.1) is 17.2 Å². The van der Waals surface area contributed by atoms with Crippen molar-refractivity contribution < 1.29 is 14.6 Å². The zero-order valence-electron chi connectivity index (χ0n) is 11.0. The molecule has 0 unspecified atom stereocenters. The minimum atomic E-state index is -0.482. The standard InChI is InChI=1S/C14H17Cl2NO3/c15-10-3-4-12(11(16)7-10)20-8-13(19)17-14(9-18)5-1-2-6-14/h3-4,7,18H,1-2,5-6,8-9H2,(H,17,19). The molecular formula is C14H17Cl2NO3. The average molecular weight is 318 g/mol. The second kappa shape index (κ2) is 6.66. The quantitative estimate of drug-likeness (QED) is 0.878. The van der Waals surface area contributed by atoms with Crippen LogP contribution in [0.4, 0.5) is 0 Å². The van der Waals surface area contributed by atoms with Crippen molar-refractivity contribution in [1.29, 1.82) is 0 Å². The highest BCUT2D eigenvalue weighted by Gasteiger charge is 2.34. The van der Waals surface area contributed by atoms with E-state index in [1.54, 1.807) is 18.2 Å². The van der Waals surface area contributed by atoms with Crippen LogP contribution >= 0.6 is 23.2 Å². The molecule has 0 heterocycles. The minimum absolute atomic E-state index is 0.0412. The van der Waals surface area contributed by atoms with E-state index in [4.69, 9.17) is 27.9 Å². The maximum Gasteiger partial charge on any atom is 0.258 e. The maximum absolute atomic E-state index is 11.9. The summed E-state index contributed by atoms with van der Waals surface area (Å²) in [6.45, 7) is -0.177. The van der Waals surface area contributed by atoms with Gasteiger partial charge in [-0.05, 0) is 31.0 Å². The molecule has 0 spiro atoms. The third-order valence-electron chi connectivity index (χ3n) is 3.52. The molecule has 1 amide bonds. The summed E-state index contributed by atoms with van der Waals surface area (Å²) in [5.41, 5.74) is -0.482. The minimum Gasteiger partial charge on any atom is -0.482 e. The molecule has 0 aliphatic heterocycles. The number of carbonyl (C=O) groups excluding carboxylic acids is 1. The largest absolute Gasteiger partial charge is 0.482 e. The highest BCUT2D eigenvalue weighted by molar-refractivity contribution is 6.35. The number of halogens is 2. The molecule has 1 aromatic carbocycles. The molecule has 1 aromatic rings. The number of hydrogen-bond donors (Lipinski definition) is 2. The number of carbonyl (C=O) groups is 1. The predicted octanol–water partition coefficient (Wildman–Crippen LogP) is 2.79. The molecule has 1 saturated carbocycles. The number of amides is 1. The molecule has 0 radical (unpaired) electrons. The number of aliphatic hydroxyl groups excluding tert-OH is 1. The molecule has 4 nitrogen and oxygen atoms in total. The second-order valence-electron chi connectivity index (χ2n) is 5.06. The van der Waals surface area contributed by atoms with Crippen molar-refractivity contribution in [3.8, 4) is 5.75 Å². The van der Waals surface area contributed by atoms with Crippen molar-refractivity contribution in [3.63, 3.8) is 0 Å². The lowest BCUT2D eigenvalue weighted by molar-refractivity contribution is -0.125. The first kappa shape index (κ1) is 15.4. The van der Waals surface area contributed by atoms with Crippen LogP contribution in [0, 0.1) is 0 Å². The van der Waals surface area contributed by atoms with Gasteiger partial charge in [-0.3, -0.25) is 4.79 Å². The van der Waals surface area contributed by atoms with Crippen LogP contribution in [0.2, 0.25) is 10.0 Å². The summed E-state index contributed by atoms with van der Waals surface area (Å²) in [6, 6.07) is 4.82. The molecule has 1 aliphatic rings. The Morgan fingerprint density at radius 3 is 2.65 bits per heavy atom. The van der Waals surface area contributed by atoms with Crippen LogP contribution in [0.1, 0.15) is 25.7 Å². The van der Waals surface area contributed by atoms with Crippen LogP contribution in [0.15, 0.2) is 18.2 Å². The van der Waals surface area contributed by atoms with Gasteiger partial charge in [0.1, 0.15) is 5.75 Å². The molecule has 0 bridgehead atoms. The molecule has 6 heteroatoms. The Labute approximate surface area is 128 Å². The Kier molecular flexibility index (Phi) is 5.13. The van der Waals surface area contributed by atoms with Gasteiger partial charge in [-0.15, -0.1) is 0 Å². The third kappa shape index (κ3) is 3.78. The van der Waals surface area contributed by atoms with Gasteiger partial charge in [-0.25, -0.2) is 0 Å². The monoisotopic (exact) mass is 317 g/mol. The van der Waals surface area contributed by atoms with E-state index in [2.05, 4.69) is 5.32 Å². The molecule has 2 N–H and O–H groups in total. The van der Waals surface area contributed by atoms with E-state index in [0.29, 0.717) is 15.8 Å². The van der Waals surface area contributed by atoms with E-state index >= 15 is 0 Å². The molecule has 0 saturated heterocycles. The summed E-state index contributed by atoms with van der Waals surface area (Å²) < 4.78 is 5.37. The van der Waals surface area contributed by atoms with E-state index < -0.39 is 5.54 Å². The van der Waals surface area contributed by atoms with Crippen LogP contribution in [-0.2, 0) is 4.79 Å². The number of ether oxygens (including phenoxy) is 1. The lowest BCUT2D eigenvalue weighted by Crippen LogP contribution is -2.50. The van der Waals surface area contributed by atoms with Gasteiger partial charge >= 0.3 is 0 Å². The summed E-state index contributed by atoms with van der Waals surface area (Å²) in [5.74, 6) is 0.155. The van der Waals surface area contributed by atoms with Gasteiger partial charge < -0.3 is 15.2 Å². The Morgan fingerprint density at radius 2 is 2.05 bits per heavy atom. The summed E-state index contributed by atoms with van der Waals surface area (Å²) in [4.78, 5) is 11.9. The van der Waals surface area contributed by atoms with Gasteiger partial charge in [0.25, 0.3) is 5.91 Å². The van der Waals surface area contributed by atoms with Gasteiger partial charge in [0, 0.05) is 5.02 Å². The Bertz CT molecular complexity index is 487. The van der Waals surface area contributed by atoms with Crippen molar-refractivity contribution in [2.24, 2.45) is 0 Å². The van der Waals surface area contributed by atoms with Crippen LogP contribution in [0.3, 0.4) is 0 Å². The molecule has 1 aliphatic carbocycles. The van der Waals surface area contributed by atoms with Crippen molar-refractivity contribution in [2.75, 3.05) is 13.2 Å². The molecule has 0 atom stereocenters. The van der Waals surface area contributed by atoms with E-state index in [-0.39, 0.29) is 19.1 Å². The van der Waals surface area contributed by atoms with Gasteiger partial charge in [-0.1, -0.05) is 36.0 Å². The van der Waals surface area contributed by atoms with E-state index in [1.165, 1.54) is 0 Å². The summed E-state index contributed by atoms with van der Waals surface area (Å²) >= 11 is 11.7. The van der Waals surface area contributed by atoms with Crippen LogP contribution in [-0.4, -0.2) is 29.8 Å². The van der Waals surface area contributed by atoms with E-state index in [1.807, 2.05) is 0 Å². The molecule has 110 valence electrons. The maximum atomic E-state index is 11.9. The van der Waals surface area contributed by atoms with Crippen molar-refractivity contribution >= 4 is 29.1 Å². The lowest BCUT2D eigenvalue weighted by atomic mass is 9.99. The van der Waals surface area contributed by atoms with Gasteiger partial charge in [0.15, 0.2) is 6.61 Å². The number of benzene rings is 1. The zero-order chi connectivity index (χ0) is 14.6. The normalized spacial score (nSPS) is 16.9. The third-order valence-corrected chi connectivity index (χ3v) is 4.05. The Morgan fingerprint density at radius 1 is 1.35 bits per heavy atom. The highest BCUT2D eigenvalue weighted by Crippen LogP contribution is 2.29. The Hall–Kier alpha value is -0.970. The predicted molar refractivity (Wildman–Crippen MR) is 78.4 cm³/mol. The first-order valence-electron chi connectivity index (χ1n) is 6.54. The molecular weight excluding hydrogens is 301 g/mol. The number of rotatable bonds is 5. The summed E-state index contributed by atoms with van der Waals surface area (Å²) in [6.07, 6.45) is 3.64. The SMILES string of the molecule is O=C(COc1ccc(Cl)cc1Cl)NC1(CO)CCCC1. The first-order chi connectivity index (χ1) is 9.54. The molecule has 1 fully saturated rings. The van der Waals surface area contributed by atoms with E-state index in [0.717, 1.165) is 25.7 Å². The van der Waals surface area contributed by atoms with Gasteiger partial charge in [-0.2, -0.15) is 0 Å². The Balaban J connectivity index is 1.89. The fraction of sp³-hybridized carbons (Fsp3) is 0.500. The smallest absolute Gasteiger partial charge is 0.258 e. The molecule has 0 aromatic heterocycles.